The van der Waals surface area contributed by atoms with E-state index in [1.807, 2.05) is 20.8 Å². The summed E-state index contributed by atoms with van der Waals surface area (Å²) in [5.41, 5.74) is 2.59. The van der Waals surface area contributed by atoms with Crippen LogP contribution in [0.15, 0.2) is 12.4 Å². The highest BCUT2D eigenvalue weighted by molar-refractivity contribution is 6.30. The molecule has 0 atom stereocenters. The van der Waals surface area contributed by atoms with Crippen LogP contribution in [-0.2, 0) is 6.54 Å². The molecule has 0 spiro atoms. The lowest BCUT2D eigenvalue weighted by Gasteiger charge is -2.09. The molecule has 0 fully saturated rings. The van der Waals surface area contributed by atoms with Gasteiger partial charge in [-0.05, 0) is 20.8 Å². The first-order valence-corrected chi connectivity index (χ1v) is 5.96. The van der Waals surface area contributed by atoms with Gasteiger partial charge < -0.3 is 5.32 Å². The molecule has 18 heavy (non-hydrogen) atoms. The maximum atomic E-state index is 6.00. The number of nitrogens with zero attached hydrogens (tertiary/aromatic N) is 4. The number of hydrogen-bond acceptors (Lipinski definition) is 5. The van der Waals surface area contributed by atoms with Gasteiger partial charge in [-0.15, -0.1) is 0 Å². The van der Waals surface area contributed by atoms with E-state index >= 15 is 0 Å². The lowest BCUT2D eigenvalue weighted by Crippen LogP contribution is -2.07. The minimum absolute atomic E-state index is 0.472. The molecule has 0 saturated heterocycles. The summed E-state index contributed by atoms with van der Waals surface area (Å²) in [6.07, 6.45) is 3.48. The maximum absolute atomic E-state index is 6.00. The Hall–Kier alpha value is -1.75. The van der Waals surface area contributed by atoms with Crippen molar-refractivity contribution >= 4 is 17.4 Å². The van der Waals surface area contributed by atoms with Crippen molar-refractivity contribution in [3.05, 3.63) is 40.3 Å². The Labute approximate surface area is 111 Å². The Morgan fingerprint density at radius 1 is 1.11 bits per heavy atom. The molecule has 2 heterocycles. The summed E-state index contributed by atoms with van der Waals surface area (Å²) in [6, 6.07) is 0. The smallest absolute Gasteiger partial charge is 0.137 e. The van der Waals surface area contributed by atoms with E-state index in [-0.39, 0.29) is 0 Å². The number of halogens is 1. The lowest BCUT2D eigenvalue weighted by molar-refractivity contribution is 0.955. The van der Waals surface area contributed by atoms with Gasteiger partial charge in [0.15, 0.2) is 0 Å². The van der Waals surface area contributed by atoms with Crippen molar-refractivity contribution in [3.8, 4) is 0 Å². The second-order valence-corrected chi connectivity index (χ2v) is 4.40. The first-order valence-electron chi connectivity index (χ1n) is 5.58. The number of aromatic nitrogens is 4. The summed E-state index contributed by atoms with van der Waals surface area (Å²) in [7, 11) is 0. The van der Waals surface area contributed by atoms with E-state index in [2.05, 4.69) is 25.3 Å². The highest BCUT2D eigenvalue weighted by atomic mass is 35.5. The van der Waals surface area contributed by atoms with Crippen LogP contribution >= 0.6 is 11.6 Å². The number of rotatable bonds is 3. The molecule has 0 aliphatic carbocycles. The standard InChI is InChI=1S/C12H14ClN5/c1-7-4-15-10(5-14-7)6-16-12-8(2)11(13)17-9(3)18-12/h4-5H,6H2,1-3H3,(H,16,17,18). The van der Waals surface area contributed by atoms with Gasteiger partial charge in [0.25, 0.3) is 0 Å². The van der Waals surface area contributed by atoms with E-state index in [1.165, 1.54) is 0 Å². The number of nitrogens with one attached hydrogen (secondary N) is 1. The largest absolute Gasteiger partial charge is 0.364 e. The van der Waals surface area contributed by atoms with Crippen molar-refractivity contribution < 1.29 is 0 Å². The highest BCUT2D eigenvalue weighted by Crippen LogP contribution is 2.19. The Morgan fingerprint density at radius 3 is 2.56 bits per heavy atom. The molecule has 0 saturated carbocycles. The van der Waals surface area contributed by atoms with Crippen molar-refractivity contribution in [3.63, 3.8) is 0 Å². The van der Waals surface area contributed by atoms with E-state index in [1.54, 1.807) is 12.4 Å². The minimum atomic E-state index is 0.472. The fourth-order valence-electron chi connectivity index (χ4n) is 1.45. The summed E-state index contributed by atoms with van der Waals surface area (Å²) >= 11 is 6.00. The molecular formula is C12H14ClN5. The fraction of sp³-hybridized carbons (Fsp3) is 0.333. The summed E-state index contributed by atoms with van der Waals surface area (Å²) in [5.74, 6) is 1.37. The Bertz CT molecular complexity index is 553. The van der Waals surface area contributed by atoms with Crippen LogP contribution in [0.2, 0.25) is 5.15 Å². The van der Waals surface area contributed by atoms with Gasteiger partial charge in [0.1, 0.15) is 16.8 Å². The zero-order chi connectivity index (χ0) is 13.1. The quantitative estimate of drug-likeness (QED) is 0.862. The molecule has 0 bridgehead atoms. The van der Waals surface area contributed by atoms with Crippen molar-refractivity contribution in [1.29, 1.82) is 0 Å². The van der Waals surface area contributed by atoms with Crippen LogP contribution in [-0.4, -0.2) is 19.9 Å². The molecule has 2 aromatic rings. The second-order valence-electron chi connectivity index (χ2n) is 4.04. The average molecular weight is 264 g/mol. The molecular weight excluding hydrogens is 250 g/mol. The summed E-state index contributed by atoms with van der Waals surface area (Å²) in [6.45, 7) is 6.15. The molecule has 2 rings (SSSR count). The molecule has 1 N–H and O–H groups in total. The maximum Gasteiger partial charge on any atom is 0.137 e. The molecule has 0 aromatic carbocycles. The zero-order valence-corrected chi connectivity index (χ0v) is 11.3. The van der Waals surface area contributed by atoms with Crippen molar-refractivity contribution in [1.82, 2.24) is 19.9 Å². The molecule has 0 amide bonds. The monoisotopic (exact) mass is 263 g/mol. The first-order chi connectivity index (χ1) is 8.56. The Kier molecular flexibility index (Phi) is 3.72. The number of aryl methyl sites for hydroxylation is 2. The average Bonchev–Trinajstić information content (AvgIpc) is 2.34. The van der Waals surface area contributed by atoms with Crippen molar-refractivity contribution in [2.24, 2.45) is 0 Å². The van der Waals surface area contributed by atoms with E-state index in [0.29, 0.717) is 17.5 Å². The van der Waals surface area contributed by atoms with E-state index in [0.717, 1.165) is 22.8 Å². The van der Waals surface area contributed by atoms with Crippen LogP contribution in [0, 0.1) is 20.8 Å². The molecule has 6 heteroatoms. The fourth-order valence-corrected chi connectivity index (χ4v) is 1.66. The van der Waals surface area contributed by atoms with Gasteiger partial charge in [-0.1, -0.05) is 11.6 Å². The van der Waals surface area contributed by atoms with Gasteiger partial charge in [0, 0.05) is 11.8 Å². The van der Waals surface area contributed by atoms with Gasteiger partial charge in [0.2, 0.25) is 0 Å². The predicted molar refractivity (Wildman–Crippen MR) is 70.6 cm³/mol. The van der Waals surface area contributed by atoms with Crippen LogP contribution in [0.25, 0.3) is 0 Å². The van der Waals surface area contributed by atoms with Crippen LogP contribution in [0.5, 0.6) is 0 Å². The molecule has 0 radical (unpaired) electrons. The van der Waals surface area contributed by atoms with Gasteiger partial charge in [-0.25, -0.2) is 9.97 Å². The van der Waals surface area contributed by atoms with Crippen LogP contribution in [0.4, 0.5) is 5.82 Å². The first kappa shape index (κ1) is 12.7. The summed E-state index contributed by atoms with van der Waals surface area (Å²) in [4.78, 5) is 16.9. The Morgan fingerprint density at radius 2 is 1.89 bits per heavy atom. The van der Waals surface area contributed by atoms with Crippen molar-refractivity contribution in [2.45, 2.75) is 27.3 Å². The molecule has 94 valence electrons. The van der Waals surface area contributed by atoms with E-state index in [4.69, 9.17) is 11.6 Å². The second kappa shape index (κ2) is 5.27. The van der Waals surface area contributed by atoms with E-state index < -0.39 is 0 Å². The van der Waals surface area contributed by atoms with Gasteiger partial charge in [0.05, 0.1) is 24.1 Å². The van der Waals surface area contributed by atoms with Crippen LogP contribution < -0.4 is 5.32 Å². The summed E-state index contributed by atoms with van der Waals surface area (Å²) < 4.78 is 0. The third kappa shape index (κ3) is 2.92. The normalized spacial score (nSPS) is 10.4. The van der Waals surface area contributed by atoms with Gasteiger partial charge >= 0.3 is 0 Å². The van der Waals surface area contributed by atoms with Crippen LogP contribution in [0.1, 0.15) is 22.8 Å². The van der Waals surface area contributed by atoms with Crippen molar-refractivity contribution in [2.75, 3.05) is 5.32 Å². The molecule has 0 unspecified atom stereocenters. The number of anilines is 1. The highest BCUT2D eigenvalue weighted by Gasteiger charge is 2.07. The molecule has 0 aliphatic rings. The third-order valence-electron chi connectivity index (χ3n) is 2.47. The lowest BCUT2D eigenvalue weighted by atomic mass is 10.3. The van der Waals surface area contributed by atoms with Gasteiger partial charge in [-0.3, -0.25) is 9.97 Å². The number of hydrogen-bond donors (Lipinski definition) is 1. The summed E-state index contributed by atoms with van der Waals surface area (Å²) in [5, 5.41) is 3.66. The predicted octanol–water partition coefficient (Wildman–Crippen LogP) is 2.46. The molecule has 2 aromatic heterocycles. The molecule has 0 aliphatic heterocycles. The van der Waals surface area contributed by atoms with Crippen LogP contribution in [0.3, 0.4) is 0 Å². The SMILES string of the molecule is Cc1cnc(CNc2nc(C)nc(Cl)c2C)cn1. The topological polar surface area (TPSA) is 63.6 Å². The van der Waals surface area contributed by atoms with E-state index in [9.17, 15) is 0 Å². The Balaban J connectivity index is 2.13. The minimum Gasteiger partial charge on any atom is -0.364 e. The molecule has 5 nitrogen and oxygen atoms in total. The third-order valence-corrected chi connectivity index (χ3v) is 2.84. The van der Waals surface area contributed by atoms with Gasteiger partial charge in [-0.2, -0.15) is 0 Å². The zero-order valence-electron chi connectivity index (χ0n) is 10.5.